The van der Waals surface area contributed by atoms with Crippen LogP contribution in [0.25, 0.3) is 0 Å². The van der Waals surface area contributed by atoms with Crippen molar-refractivity contribution < 1.29 is 0 Å². The molecule has 1 saturated heterocycles. The van der Waals surface area contributed by atoms with Crippen molar-refractivity contribution in [3.63, 3.8) is 0 Å². The van der Waals surface area contributed by atoms with Gasteiger partial charge in [0.05, 0.1) is 0 Å². The number of rotatable bonds is 3. The standard InChI is InChI=1S/C14H28N2/c1-4-15-13-6-5-7-14(13)16-9-8-11(2)10-12(16)3/h11-15H,4-10H2,1-3H3. The van der Waals surface area contributed by atoms with E-state index in [-0.39, 0.29) is 0 Å². The van der Waals surface area contributed by atoms with Crippen molar-refractivity contribution >= 4 is 0 Å². The van der Waals surface area contributed by atoms with Gasteiger partial charge in [-0.1, -0.05) is 20.3 Å². The fraction of sp³-hybridized carbons (Fsp3) is 1.00. The maximum Gasteiger partial charge on any atom is 0.0252 e. The van der Waals surface area contributed by atoms with Gasteiger partial charge in [-0.05, 0) is 51.6 Å². The topological polar surface area (TPSA) is 15.3 Å². The Balaban J connectivity index is 1.95. The van der Waals surface area contributed by atoms with E-state index in [0.717, 1.165) is 30.6 Å². The van der Waals surface area contributed by atoms with Crippen LogP contribution in [0.15, 0.2) is 0 Å². The molecule has 0 radical (unpaired) electrons. The first-order chi connectivity index (χ1) is 7.72. The lowest BCUT2D eigenvalue weighted by Crippen LogP contribution is -2.53. The first-order valence-electron chi connectivity index (χ1n) is 7.21. The summed E-state index contributed by atoms with van der Waals surface area (Å²) in [6.45, 7) is 9.52. The molecule has 1 aliphatic heterocycles. The van der Waals surface area contributed by atoms with Crippen LogP contribution in [0.1, 0.15) is 52.9 Å². The molecule has 1 heterocycles. The number of nitrogens with zero attached hydrogens (tertiary/aromatic N) is 1. The Hall–Kier alpha value is -0.0800. The quantitative estimate of drug-likeness (QED) is 0.793. The summed E-state index contributed by atoms with van der Waals surface area (Å²) in [5.74, 6) is 0.935. The van der Waals surface area contributed by atoms with Crippen LogP contribution in [0.4, 0.5) is 0 Å². The van der Waals surface area contributed by atoms with Gasteiger partial charge in [0.25, 0.3) is 0 Å². The van der Waals surface area contributed by atoms with E-state index in [1.54, 1.807) is 0 Å². The molecule has 0 aromatic heterocycles. The predicted molar refractivity (Wildman–Crippen MR) is 69.7 cm³/mol. The van der Waals surface area contributed by atoms with E-state index in [9.17, 15) is 0 Å². The van der Waals surface area contributed by atoms with Crippen LogP contribution in [0.2, 0.25) is 0 Å². The molecule has 0 amide bonds. The zero-order valence-corrected chi connectivity index (χ0v) is 11.2. The van der Waals surface area contributed by atoms with Crippen LogP contribution in [-0.4, -0.2) is 36.1 Å². The van der Waals surface area contributed by atoms with Gasteiger partial charge in [0, 0.05) is 18.1 Å². The van der Waals surface area contributed by atoms with E-state index in [1.165, 1.54) is 38.6 Å². The van der Waals surface area contributed by atoms with Crippen molar-refractivity contribution in [3.8, 4) is 0 Å². The van der Waals surface area contributed by atoms with Gasteiger partial charge in [0.2, 0.25) is 0 Å². The summed E-state index contributed by atoms with van der Waals surface area (Å²) in [6.07, 6.45) is 7.02. The molecule has 0 aromatic carbocycles. The molecule has 0 aromatic rings. The van der Waals surface area contributed by atoms with E-state index in [4.69, 9.17) is 0 Å². The summed E-state index contributed by atoms with van der Waals surface area (Å²) in [4.78, 5) is 2.79. The van der Waals surface area contributed by atoms with Crippen LogP contribution in [0.5, 0.6) is 0 Å². The maximum absolute atomic E-state index is 3.68. The fourth-order valence-electron chi connectivity index (χ4n) is 3.76. The van der Waals surface area contributed by atoms with Gasteiger partial charge in [-0.25, -0.2) is 0 Å². The van der Waals surface area contributed by atoms with Crippen LogP contribution < -0.4 is 5.32 Å². The zero-order valence-electron chi connectivity index (χ0n) is 11.2. The minimum Gasteiger partial charge on any atom is -0.313 e. The Kier molecular flexibility index (Phi) is 4.26. The molecule has 1 saturated carbocycles. The minimum absolute atomic E-state index is 0.765. The Bertz CT molecular complexity index is 217. The minimum atomic E-state index is 0.765. The molecule has 1 aliphatic carbocycles. The highest BCUT2D eigenvalue weighted by atomic mass is 15.2. The van der Waals surface area contributed by atoms with E-state index >= 15 is 0 Å². The lowest BCUT2D eigenvalue weighted by molar-refractivity contribution is 0.0715. The van der Waals surface area contributed by atoms with E-state index < -0.39 is 0 Å². The number of hydrogen-bond acceptors (Lipinski definition) is 2. The zero-order chi connectivity index (χ0) is 11.5. The monoisotopic (exact) mass is 224 g/mol. The van der Waals surface area contributed by atoms with Gasteiger partial charge < -0.3 is 5.32 Å². The molecule has 94 valence electrons. The smallest absolute Gasteiger partial charge is 0.0252 e. The molecule has 0 bridgehead atoms. The summed E-state index contributed by atoms with van der Waals surface area (Å²) in [6, 6.07) is 2.39. The first kappa shape index (κ1) is 12.4. The molecule has 2 fully saturated rings. The number of likely N-dealkylation sites (tertiary alicyclic amines) is 1. The second kappa shape index (κ2) is 5.50. The summed E-state index contributed by atoms with van der Waals surface area (Å²) in [5, 5.41) is 3.68. The highest BCUT2D eigenvalue weighted by Crippen LogP contribution is 2.31. The number of hydrogen-bond donors (Lipinski definition) is 1. The SMILES string of the molecule is CCNC1CCCC1N1CCC(C)CC1C. The van der Waals surface area contributed by atoms with Crippen LogP contribution in [0.3, 0.4) is 0 Å². The third-order valence-electron chi connectivity index (χ3n) is 4.56. The molecular formula is C14H28N2. The van der Waals surface area contributed by atoms with Crippen molar-refractivity contribution in [2.45, 2.75) is 71.0 Å². The molecule has 1 N–H and O–H groups in total. The fourth-order valence-corrected chi connectivity index (χ4v) is 3.76. The van der Waals surface area contributed by atoms with Crippen molar-refractivity contribution in [1.29, 1.82) is 0 Å². The summed E-state index contributed by atoms with van der Waals surface area (Å²) >= 11 is 0. The molecule has 4 atom stereocenters. The normalized spacial score (nSPS) is 41.4. The Morgan fingerprint density at radius 2 is 2.00 bits per heavy atom. The average molecular weight is 224 g/mol. The summed E-state index contributed by atoms with van der Waals surface area (Å²) < 4.78 is 0. The third-order valence-corrected chi connectivity index (χ3v) is 4.56. The largest absolute Gasteiger partial charge is 0.313 e. The van der Waals surface area contributed by atoms with Gasteiger partial charge in [0.15, 0.2) is 0 Å². The first-order valence-corrected chi connectivity index (χ1v) is 7.21. The van der Waals surface area contributed by atoms with Gasteiger partial charge in [-0.2, -0.15) is 0 Å². The van der Waals surface area contributed by atoms with Crippen LogP contribution >= 0.6 is 0 Å². The van der Waals surface area contributed by atoms with Crippen molar-refractivity contribution in [2.24, 2.45) is 5.92 Å². The van der Waals surface area contributed by atoms with Gasteiger partial charge in [-0.3, -0.25) is 4.90 Å². The number of piperidine rings is 1. The lowest BCUT2D eigenvalue weighted by atomic mass is 9.91. The van der Waals surface area contributed by atoms with Crippen LogP contribution in [-0.2, 0) is 0 Å². The molecular weight excluding hydrogens is 196 g/mol. The predicted octanol–water partition coefficient (Wildman–Crippen LogP) is 2.64. The summed E-state index contributed by atoms with van der Waals surface area (Å²) in [7, 11) is 0. The van der Waals surface area contributed by atoms with Gasteiger partial charge >= 0.3 is 0 Å². The summed E-state index contributed by atoms with van der Waals surface area (Å²) in [5.41, 5.74) is 0. The second-order valence-electron chi connectivity index (χ2n) is 5.88. The highest BCUT2D eigenvalue weighted by Gasteiger charge is 2.35. The maximum atomic E-state index is 3.68. The van der Waals surface area contributed by atoms with E-state index in [2.05, 4.69) is 31.0 Å². The molecule has 4 unspecified atom stereocenters. The van der Waals surface area contributed by atoms with Gasteiger partial charge in [-0.15, -0.1) is 0 Å². The Morgan fingerprint density at radius 3 is 2.69 bits per heavy atom. The van der Waals surface area contributed by atoms with Crippen molar-refractivity contribution in [2.75, 3.05) is 13.1 Å². The Morgan fingerprint density at radius 1 is 1.19 bits per heavy atom. The number of likely N-dealkylation sites (N-methyl/N-ethyl adjacent to an activating group) is 1. The average Bonchev–Trinajstić information content (AvgIpc) is 2.67. The molecule has 0 spiro atoms. The van der Waals surface area contributed by atoms with Crippen LogP contribution in [0, 0.1) is 5.92 Å². The van der Waals surface area contributed by atoms with Gasteiger partial charge in [0.1, 0.15) is 0 Å². The molecule has 2 heteroatoms. The Labute approximate surface area is 101 Å². The second-order valence-corrected chi connectivity index (χ2v) is 5.88. The molecule has 16 heavy (non-hydrogen) atoms. The molecule has 2 aliphatic rings. The molecule has 2 rings (SSSR count). The lowest BCUT2D eigenvalue weighted by Gasteiger charge is -2.42. The number of nitrogens with one attached hydrogen (secondary N) is 1. The third kappa shape index (κ3) is 2.60. The van der Waals surface area contributed by atoms with Crippen molar-refractivity contribution in [1.82, 2.24) is 10.2 Å². The molecule has 2 nitrogen and oxygen atoms in total. The van der Waals surface area contributed by atoms with Crippen molar-refractivity contribution in [3.05, 3.63) is 0 Å². The van der Waals surface area contributed by atoms with E-state index in [0.29, 0.717) is 0 Å². The highest BCUT2D eigenvalue weighted by molar-refractivity contribution is 4.93. The van der Waals surface area contributed by atoms with E-state index in [1.807, 2.05) is 0 Å².